The maximum atomic E-state index is 13.8. The lowest BCUT2D eigenvalue weighted by atomic mass is 9.96. The van der Waals surface area contributed by atoms with Crippen LogP contribution in [0.4, 0.5) is 4.39 Å². The lowest BCUT2D eigenvalue weighted by Crippen LogP contribution is -2.43. The molecule has 0 N–H and O–H groups in total. The Hall–Kier alpha value is -1.42. The van der Waals surface area contributed by atoms with Gasteiger partial charge < -0.3 is 4.74 Å². The van der Waals surface area contributed by atoms with E-state index in [0.29, 0.717) is 13.0 Å². The Morgan fingerprint density at radius 2 is 2.16 bits per heavy atom. The maximum absolute atomic E-state index is 13.8. The van der Waals surface area contributed by atoms with Gasteiger partial charge >= 0.3 is 5.97 Å². The Balaban J connectivity index is 1.88. The van der Waals surface area contributed by atoms with Gasteiger partial charge in [0.05, 0.1) is 6.61 Å². The molecule has 1 heterocycles. The van der Waals surface area contributed by atoms with E-state index in [1.54, 1.807) is 0 Å². The number of halogens is 1. The van der Waals surface area contributed by atoms with Crippen LogP contribution in [-0.2, 0) is 16.1 Å². The molecule has 0 aliphatic carbocycles. The maximum Gasteiger partial charge on any atom is 0.302 e. The van der Waals surface area contributed by atoms with E-state index >= 15 is 0 Å². The highest BCUT2D eigenvalue weighted by Crippen LogP contribution is 2.22. The van der Waals surface area contributed by atoms with Crippen LogP contribution >= 0.6 is 0 Å². The Kier molecular flexibility index (Phi) is 4.91. The molecule has 1 aliphatic heterocycles. The van der Waals surface area contributed by atoms with Gasteiger partial charge in [0.15, 0.2) is 0 Å². The van der Waals surface area contributed by atoms with E-state index in [0.717, 1.165) is 13.1 Å². The van der Waals surface area contributed by atoms with Crippen molar-refractivity contribution >= 4 is 5.97 Å². The van der Waals surface area contributed by atoms with Crippen LogP contribution in [0.1, 0.15) is 18.9 Å². The molecule has 0 spiro atoms. The highest BCUT2D eigenvalue weighted by atomic mass is 19.1. The molecule has 19 heavy (non-hydrogen) atoms. The second-order valence-corrected chi connectivity index (χ2v) is 5.09. The minimum atomic E-state index is -0.869. The number of hydrogen-bond donors (Lipinski definition) is 0. The first-order valence-corrected chi connectivity index (χ1v) is 6.69. The van der Waals surface area contributed by atoms with Gasteiger partial charge in [-0.15, -0.1) is 0 Å². The van der Waals surface area contributed by atoms with Crippen molar-refractivity contribution in [1.29, 1.82) is 0 Å². The lowest BCUT2D eigenvalue weighted by Gasteiger charge is -2.34. The van der Waals surface area contributed by atoms with E-state index in [2.05, 4.69) is 17.0 Å². The molecule has 3 nitrogen and oxygen atoms in total. The van der Waals surface area contributed by atoms with Crippen LogP contribution < -0.4 is 0 Å². The van der Waals surface area contributed by atoms with Crippen LogP contribution in [0.2, 0.25) is 0 Å². The van der Waals surface area contributed by atoms with Crippen LogP contribution in [0.5, 0.6) is 0 Å². The quantitative estimate of drug-likeness (QED) is 0.783. The van der Waals surface area contributed by atoms with Crippen molar-refractivity contribution in [1.82, 2.24) is 4.90 Å². The van der Waals surface area contributed by atoms with Gasteiger partial charge in [-0.25, -0.2) is 4.39 Å². The number of likely N-dealkylation sites (tertiary alicyclic amines) is 1. The third-order valence-electron chi connectivity index (χ3n) is 3.47. The highest BCUT2D eigenvalue weighted by molar-refractivity contribution is 5.65. The Labute approximate surface area is 113 Å². The SMILES string of the molecule is CC(=O)OCC1CN(Cc2ccccc2)CCC1F. The summed E-state index contributed by atoms with van der Waals surface area (Å²) >= 11 is 0. The molecule has 1 aliphatic rings. The van der Waals surface area contributed by atoms with Crippen molar-refractivity contribution < 1.29 is 13.9 Å². The molecule has 2 atom stereocenters. The van der Waals surface area contributed by atoms with Gasteiger partial charge in [-0.2, -0.15) is 0 Å². The van der Waals surface area contributed by atoms with Crippen molar-refractivity contribution in [2.24, 2.45) is 5.92 Å². The molecular weight excluding hydrogens is 245 g/mol. The number of rotatable bonds is 4. The number of esters is 1. The van der Waals surface area contributed by atoms with Crippen LogP contribution in [-0.4, -0.2) is 36.7 Å². The van der Waals surface area contributed by atoms with E-state index in [1.165, 1.54) is 12.5 Å². The molecule has 4 heteroatoms. The molecule has 0 aromatic heterocycles. The number of ether oxygens (including phenoxy) is 1. The molecule has 0 saturated carbocycles. The van der Waals surface area contributed by atoms with Crippen molar-refractivity contribution in [2.75, 3.05) is 19.7 Å². The lowest BCUT2D eigenvalue weighted by molar-refractivity contribution is -0.143. The van der Waals surface area contributed by atoms with Crippen LogP contribution in [0, 0.1) is 5.92 Å². The molecule has 1 saturated heterocycles. The molecule has 1 aromatic rings. The largest absolute Gasteiger partial charge is 0.465 e. The average Bonchev–Trinajstić information content (AvgIpc) is 2.40. The standard InChI is InChI=1S/C15H20FNO2/c1-12(18)19-11-14-10-17(8-7-15(14)16)9-13-5-3-2-4-6-13/h2-6,14-15H,7-11H2,1H3. The summed E-state index contributed by atoms with van der Waals surface area (Å²) in [5.74, 6) is -0.547. The minimum Gasteiger partial charge on any atom is -0.465 e. The van der Waals surface area contributed by atoms with E-state index < -0.39 is 6.17 Å². The number of benzene rings is 1. The second-order valence-electron chi connectivity index (χ2n) is 5.09. The number of alkyl halides is 1. The van der Waals surface area contributed by atoms with Gasteiger partial charge in [0.25, 0.3) is 0 Å². The minimum absolute atomic E-state index is 0.182. The number of nitrogens with zero attached hydrogens (tertiary/aromatic N) is 1. The smallest absolute Gasteiger partial charge is 0.302 e. The third kappa shape index (κ3) is 4.31. The Morgan fingerprint density at radius 3 is 2.84 bits per heavy atom. The van der Waals surface area contributed by atoms with Gasteiger partial charge in [-0.3, -0.25) is 9.69 Å². The monoisotopic (exact) mass is 265 g/mol. The molecule has 104 valence electrons. The summed E-state index contributed by atoms with van der Waals surface area (Å²) in [6.07, 6.45) is -0.356. The topological polar surface area (TPSA) is 29.5 Å². The summed E-state index contributed by atoms with van der Waals surface area (Å²) < 4.78 is 18.7. The summed E-state index contributed by atoms with van der Waals surface area (Å²) in [6.45, 7) is 3.76. The zero-order valence-electron chi connectivity index (χ0n) is 11.2. The van der Waals surface area contributed by atoms with Crippen molar-refractivity contribution in [3.05, 3.63) is 35.9 Å². The fourth-order valence-corrected chi connectivity index (χ4v) is 2.45. The highest BCUT2D eigenvalue weighted by Gasteiger charge is 2.29. The molecule has 0 bridgehead atoms. The molecule has 1 aromatic carbocycles. The van der Waals surface area contributed by atoms with Crippen LogP contribution in [0.25, 0.3) is 0 Å². The third-order valence-corrected chi connectivity index (χ3v) is 3.47. The van der Waals surface area contributed by atoms with Crippen molar-refractivity contribution in [2.45, 2.75) is 26.1 Å². The van der Waals surface area contributed by atoms with Crippen LogP contribution in [0.3, 0.4) is 0 Å². The number of hydrogen-bond acceptors (Lipinski definition) is 3. The van der Waals surface area contributed by atoms with Crippen LogP contribution in [0.15, 0.2) is 30.3 Å². The summed E-state index contributed by atoms with van der Waals surface area (Å²) in [5, 5.41) is 0. The number of carbonyl (C=O) groups excluding carboxylic acids is 1. The van der Waals surface area contributed by atoms with E-state index in [-0.39, 0.29) is 18.5 Å². The molecule has 2 unspecified atom stereocenters. The van der Waals surface area contributed by atoms with Crippen molar-refractivity contribution in [3.63, 3.8) is 0 Å². The summed E-state index contributed by atoms with van der Waals surface area (Å²) in [7, 11) is 0. The fraction of sp³-hybridized carbons (Fsp3) is 0.533. The molecule has 0 amide bonds. The van der Waals surface area contributed by atoms with Gasteiger partial charge in [-0.05, 0) is 12.0 Å². The first-order chi connectivity index (χ1) is 9.15. The molecule has 0 radical (unpaired) electrons. The first-order valence-electron chi connectivity index (χ1n) is 6.69. The normalized spacial score (nSPS) is 24.1. The fourth-order valence-electron chi connectivity index (χ4n) is 2.45. The van der Waals surface area contributed by atoms with Gasteiger partial charge in [0, 0.05) is 32.5 Å². The molecule has 2 rings (SSSR count). The average molecular weight is 265 g/mol. The Bertz CT molecular complexity index is 410. The predicted octanol–water partition coefficient (Wildman–Crippen LogP) is 2.41. The number of piperidine rings is 1. The predicted molar refractivity (Wildman–Crippen MR) is 71.4 cm³/mol. The summed E-state index contributed by atoms with van der Waals surface area (Å²) in [4.78, 5) is 13.0. The molecular formula is C15H20FNO2. The number of carbonyl (C=O) groups is 1. The van der Waals surface area contributed by atoms with Gasteiger partial charge in [0.1, 0.15) is 6.17 Å². The van der Waals surface area contributed by atoms with E-state index in [1.807, 2.05) is 18.2 Å². The Morgan fingerprint density at radius 1 is 1.42 bits per heavy atom. The van der Waals surface area contributed by atoms with Gasteiger partial charge in [0.2, 0.25) is 0 Å². The first kappa shape index (κ1) is 14.0. The summed E-state index contributed by atoms with van der Waals surface area (Å²) in [6, 6.07) is 10.1. The summed E-state index contributed by atoms with van der Waals surface area (Å²) in [5.41, 5.74) is 1.23. The van der Waals surface area contributed by atoms with Gasteiger partial charge in [-0.1, -0.05) is 30.3 Å². The zero-order valence-corrected chi connectivity index (χ0v) is 11.2. The molecule has 1 fully saturated rings. The second kappa shape index (κ2) is 6.66. The van der Waals surface area contributed by atoms with E-state index in [9.17, 15) is 9.18 Å². The van der Waals surface area contributed by atoms with Crippen molar-refractivity contribution in [3.8, 4) is 0 Å². The van der Waals surface area contributed by atoms with E-state index in [4.69, 9.17) is 4.74 Å². The zero-order chi connectivity index (χ0) is 13.7.